The van der Waals surface area contributed by atoms with Crippen LogP contribution in [0.4, 0.5) is 4.39 Å². The number of aromatic nitrogens is 1. The predicted octanol–water partition coefficient (Wildman–Crippen LogP) is 1.69. The topological polar surface area (TPSA) is 30.0 Å². The molecule has 0 fully saturated rings. The highest BCUT2D eigenvalue weighted by atomic mass is 35.5. The first kappa shape index (κ1) is 7.15. The van der Waals surface area contributed by atoms with E-state index in [9.17, 15) is 9.18 Å². The molecular formula is C6H3ClFNO. The van der Waals surface area contributed by atoms with Crippen LogP contribution in [0.3, 0.4) is 0 Å². The zero-order valence-corrected chi connectivity index (χ0v) is 5.60. The molecule has 0 radical (unpaired) electrons. The van der Waals surface area contributed by atoms with E-state index < -0.39 is 5.95 Å². The largest absolute Gasteiger partial charge is 0.298 e. The third-order valence-electron chi connectivity index (χ3n) is 0.921. The average molecular weight is 160 g/mol. The molecule has 1 heterocycles. The van der Waals surface area contributed by atoms with Crippen molar-refractivity contribution in [2.24, 2.45) is 0 Å². The molecule has 0 saturated carbocycles. The molecule has 0 saturated heterocycles. The van der Waals surface area contributed by atoms with Gasteiger partial charge >= 0.3 is 0 Å². The molecule has 2 nitrogen and oxygen atoms in total. The fourth-order valence-corrected chi connectivity index (χ4v) is 0.758. The Morgan fingerprint density at radius 2 is 2.30 bits per heavy atom. The Morgan fingerprint density at radius 1 is 1.60 bits per heavy atom. The lowest BCUT2D eigenvalue weighted by Gasteiger charge is -1.90. The van der Waals surface area contributed by atoms with Gasteiger partial charge < -0.3 is 0 Å². The highest BCUT2D eigenvalue weighted by Gasteiger charge is 1.97. The SMILES string of the molecule is O=Cc1cc(F)nc(Cl)c1. The molecule has 10 heavy (non-hydrogen) atoms. The van der Waals surface area contributed by atoms with Crippen LogP contribution in [0.25, 0.3) is 0 Å². The zero-order valence-electron chi connectivity index (χ0n) is 4.84. The Labute approximate surface area is 61.6 Å². The first-order chi connectivity index (χ1) is 4.72. The Kier molecular flexibility index (Phi) is 1.97. The first-order valence-electron chi connectivity index (χ1n) is 2.50. The van der Waals surface area contributed by atoms with Crippen molar-refractivity contribution in [3.05, 3.63) is 28.8 Å². The highest BCUT2D eigenvalue weighted by molar-refractivity contribution is 6.29. The van der Waals surface area contributed by atoms with Gasteiger partial charge in [0.25, 0.3) is 0 Å². The van der Waals surface area contributed by atoms with Gasteiger partial charge in [-0.1, -0.05) is 11.6 Å². The number of nitrogens with zero attached hydrogens (tertiary/aromatic N) is 1. The molecule has 1 rings (SSSR count). The number of rotatable bonds is 1. The summed E-state index contributed by atoms with van der Waals surface area (Å²) in [6, 6.07) is 2.30. The smallest absolute Gasteiger partial charge is 0.214 e. The van der Waals surface area contributed by atoms with Crippen molar-refractivity contribution in [3.63, 3.8) is 0 Å². The van der Waals surface area contributed by atoms with Crippen molar-refractivity contribution < 1.29 is 9.18 Å². The van der Waals surface area contributed by atoms with Crippen LogP contribution in [0.1, 0.15) is 10.4 Å². The van der Waals surface area contributed by atoms with Crippen molar-refractivity contribution in [3.8, 4) is 0 Å². The van der Waals surface area contributed by atoms with Crippen molar-refractivity contribution in [1.82, 2.24) is 4.98 Å². The first-order valence-corrected chi connectivity index (χ1v) is 2.88. The zero-order chi connectivity index (χ0) is 7.56. The molecule has 0 amide bonds. The minimum atomic E-state index is -0.741. The second-order valence-corrected chi connectivity index (χ2v) is 2.05. The maximum Gasteiger partial charge on any atom is 0.214 e. The number of aldehydes is 1. The third-order valence-corrected chi connectivity index (χ3v) is 1.11. The number of carbonyl (C=O) groups is 1. The van der Waals surface area contributed by atoms with Gasteiger partial charge in [0.15, 0.2) is 0 Å². The van der Waals surface area contributed by atoms with Gasteiger partial charge in [-0.2, -0.15) is 4.39 Å². The summed E-state index contributed by atoms with van der Waals surface area (Å²) in [5.74, 6) is -0.741. The number of carbonyl (C=O) groups excluding carboxylic acids is 1. The average Bonchev–Trinajstić information content (AvgIpc) is 1.85. The van der Waals surface area contributed by atoms with Crippen molar-refractivity contribution in [1.29, 1.82) is 0 Å². The van der Waals surface area contributed by atoms with Gasteiger partial charge in [0.2, 0.25) is 5.95 Å². The molecule has 0 aliphatic rings. The normalized spacial score (nSPS) is 9.40. The van der Waals surface area contributed by atoms with Crippen LogP contribution in [0.2, 0.25) is 5.15 Å². The summed E-state index contributed by atoms with van der Waals surface area (Å²) in [5, 5.41) is -0.0119. The molecular weight excluding hydrogens is 157 g/mol. The second-order valence-electron chi connectivity index (χ2n) is 1.66. The van der Waals surface area contributed by atoms with Gasteiger partial charge in [-0.25, -0.2) is 4.98 Å². The standard InChI is InChI=1S/C6H3ClFNO/c7-5-1-4(3-10)2-6(8)9-5/h1-3H. The molecule has 0 atom stereocenters. The van der Waals surface area contributed by atoms with E-state index in [4.69, 9.17) is 11.6 Å². The summed E-state index contributed by atoms with van der Waals surface area (Å²) in [7, 11) is 0. The minimum absolute atomic E-state index is 0.0119. The van der Waals surface area contributed by atoms with Gasteiger partial charge in [-0.05, 0) is 6.07 Å². The van der Waals surface area contributed by atoms with E-state index in [0.717, 1.165) is 6.07 Å². The summed E-state index contributed by atoms with van der Waals surface area (Å²) in [6.45, 7) is 0. The highest BCUT2D eigenvalue weighted by Crippen LogP contribution is 2.07. The maximum absolute atomic E-state index is 12.3. The van der Waals surface area contributed by atoms with E-state index in [0.29, 0.717) is 6.29 Å². The molecule has 52 valence electrons. The number of hydrogen-bond donors (Lipinski definition) is 0. The van der Waals surface area contributed by atoms with Crippen LogP contribution >= 0.6 is 11.6 Å². The van der Waals surface area contributed by atoms with Gasteiger partial charge in [-0.15, -0.1) is 0 Å². The van der Waals surface area contributed by atoms with E-state index in [-0.39, 0.29) is 10.7 Å². The van der Waals surface area contributed by atoms with Gasteiger partial charge in [0.05, 0.1) is 0 Å². The minimum Gasteiger partial charge on any atom is -0.298 e. The van der Waals surface area contributed by atoms with Crippen LogP contribution < -0.4 is 0 Å². The molecule has 1 aromatic heterocycles. The van der Waals surface area contributed by atoms with Crippen LogP contribution in [-0.2, 0) is 0 Å². The van der Waals surface area contributed by atoms with E-state index in [1.807, 2.05) is 0 Å². The summed E-state index contributed by atoms with van der Waals surface area (Å²) >= 11 is 5.32. The molecule has 0 aliphatic heterocycles. The van der Waals surface area contributed by atoms with Crippen LogP contribution in [-0.4, -0.2) is 11.3 Å². The lowest BCUT2D eigenvalue weighted by molar-refractivity contribution is 0.112. The Morgan fingerprint density at radius 3 is 2.80 bits per heavy atom. The van der Waals surface area contributed by atoms with Crippen molar-refractivity contribution >= 4 is 17.9 Å². The quantitative estimate of drug-likeness (QED) is 0.461. The number of pyridine rings is 1. The van der Waals surface area contributed by atoms with Gasteiger partial charge in [0, 0.05) is 11.6 Å². The summed E-state index contributed by atoms with van der Waals surface area (Å²) in [5.41, 5.74) is 0.192. The third kappa shape index (κ3) is 1.51. The number of hydrogen-bond acceptors (Lipinski definition) is 2. The molecule has 4 heteroatoms. The van der Waals surface area contributed by atoms with E-state index in [1.54, 1.807) is 0 Å². The van der Waals surface area contributed by atoms with Crippen molar-refractivity contribution in [2.75, 3.05) is 0 Å². The second kappa shape index (κ2) is 2.75. The predicted molar refractivity (Wildman–Crippen MR) is 34.6 cm³/mol. The molecule has 0 unspecified atom stereocenters. The van der Waals surface area contributed by atoms with E-state index in [2.05, 4.69) is 4.98 Å². The fraction of sp³-hybridized carbons (Fsp3) is 0. The maximum atomic E-state index is 12.3. The summed E-state index contributed by atoms with van der Waals surface area (Å²) in [6.07, 6.45) is 0.511. The molecule has 0 N–H and O–H groups in total. The van der Waals surface area contributed by atoms with Gasteiger partial charge in [0.1, 0.15) is 11.4 Å². The Hall–Kier alpha value is -0.960. The Balaban J connectivity index is 3.18. The van der Waals surface area contributed by atoms with Crippen LogP contribution in [0.5, 0.6) is 0 Å². The molecule has 0 bridgehead atoms. The van der Waals surface area contributed by atoms with E-state index >= 15 is 0 Å². The lowest BCUT2D eigenvalue weighted by atomic mass is 10.3. The van der Waals surface area contributed by atoms with Crippen molar-refractivity contribution in [2.45, 2.75) is 0 Å². The molecule has 1 aromatic rings. The lowest BCUT2D eigenvalue weighted by Crippen LogP contribution is -1.87. The Bertz CT molecular complexity index is 244. The summed E-state index contributed by atoms with van der Waals surface area (Å²) in [4.78, 5) is 13.3. The van der Waals surface area contributed by atoms with Gasteiger partial charge in [-0.3, -0.25) is 4.79 Å². The molecule has 0 aromatic carbocycles. The molecule has 0 spiro atoms. The monoisotopic (exact) mass is 159 g/mol. The van der Waals surface area contributed by atoms with Crippen LogP contribution in [0.15, 0.2) is 12.1 Å². The fourth-order valence-electron chi connectivity index (χ4n) is 0.551. The molecule has 0 aliphatic carbocycles. The summed E-state index contributed by atoms with van der Waals surface area (Å²) < 4.78 is 12.3. The van der Waals surface area contributed by atoms with Crippen LogP contribution in [0, 0.1) is 5.95 Å². The number of halogens is 2. The van der Waals surface area contributed by atoms with E-state index in [1.165, 1.54) is 6.07 Å².